The number of para-hydroxylation sites is 2. The second-order valence-electron chi connectivity index (χ2n) is 14.2. The van der Waals surface area contributed by atoms with E-state index in [0.29, 0.717) is 0 Å². The number of hydrogen-bond donors (Lipinski definition) is 0. The summed E-state index contributed by atoms with van der Waals surface area (Å²) in [6.07, 6.45) is 6.51. The van der Waals surface area contributed by atoms with Crippen LogP contribution in [0.4, 0.5) is 11.4 Å². The first-order chi connectivity index (χ1) is 27.6. The fraction of sp³-hybridized carbons (Fsp3) is 0.0189. The van der Waals surface area contributed by atoms with Crippen molar-refractivity contribution in [1.82, 2.24) is 4.57 Å². The third kappa shape index (κ3) is 5.90. The summed E-state index contributed by atoms with van der Waals surface area (Å²) in [5.74, 6) is 0. The maximum atomic E-state index is 4.58. The highest BCUT2D eigenvalue weighted by atomic mass is 32.1. The molecule has 0 aliphatic rings. The summed E-state index contributed by atoms with van der Waals surface area (Å²) >= 11 is 1.85. The predicted octanol–water partition coefficient (Wildman–Crippen LogP) is 15.3. The van der Waals surface area contributed by atoms with Crippen molar-refractivity contribution in [3.8, 4) is 16.8 Å². The Kier molecular flexibility index (Phi) is 8.43. The summed E-state index contributed by atoms with van der Waals surface area (Å²) in [6.45, 7) is 6.66. The largest absolute Gasteiger partial charge is 0.310 e. The Hall–Kier alpha value is -6.94. The molecule has 0 amide bonds. The van der Waals surface area contributed by atoms with Gasteiger partial charge in [0.1, 0.15) is 0 Å². The van der Waals surface area contributed by atoms with Gasteiger partial charge in [-0.3, -0.25) is 0 Å². The molecule has 266 valence electrons. The van der Waals surface area contributed by atoms with Gasteiger partial charge in [-0.25, -0.2) is 0 Å². The topological polar surface area (TPSA) is 8.17 Å². The van der Waals surface area contributed by atoms with E-state index in [2.05, 4.69) is 223 Å². The van der Waals surface area contributed by atoms with E-state index in [9.17, 15) is 0 Å². The van der Waals surface area contributed by atoms with Crippen LogP contribution in [0.25, 0.3) is 75.1 Å². The van der Waals surface area contributed by atoms with Crippen molar-refractivity contribution in [2.45, 2.75) is 6.92 Å². The number of fused-ring (bicyclic) bond motifs is 7. The van der Waals surface area contributed by atoms with Gasteiger partial charge in [0.2, 0.25) is 0 Å². The highest BCUT2D eigenvalue weighted by Gasteiger charge is 2.18. The van der Waals surface area contributed by atoms with Crippen LogP contribution in [0.3, 0.4) is 0 Å². The second kappa shape index (κ2) is 14.0. The highest BCUT2D eigenvalue weighted by molar-refractivity contribution is 7.25. The van der Waals surface area contributed by atoms with Crippen LogP contribution in [0, 0.1) is 0 Å². The average Bonchev–Trinajstić information content (AvgIpc) is 3.79. The molecule has 0 radical (unpaired) electrons. The molecule has 10 rings (SSSR count). The van der Waals surface area contributed by atoms with Crippen LogP contribution in [0.1, 0.15) is 12.5 Å². The lowest BCUT2D eigenvalue weighted by Crippen LogP contribution is -2.15. The van der Waals surface area contributed by atoms with Crippen LogP contribution in [0.15, 0.2) is 212 Å². The summed E-state index contributed by atoms with van der Waals surface area (Å²) < 4.78 is 4.93. The molecule has 0 fully saturated rings. The minimum absolute atomic E-state index is 0.947. The van der Waals surface area contributed by atoms with Gasteiger partial charge in [0.25, 0.3) is 0 Å². The first kappa shape index (κ1) is 33.6. The number of rotatable bonds is 8. The summed E-state index contributed by atoms with van der Waals surface area (Å²) in [4.78, 5) is 2.37. The van der Waals surface area contributed by atoms with Crippen LogP contribution in [-0.4, -0.2) is 4.57 Å². The summed E-state index contributed by atoms with van der Waals surface area (Å²) in [5, 5.41) is 7.47. The second-order valence-corrected chi connectivity index (χ2v) is 15.3. The Bertz CT molecular complexity index is 3110. The predicted molar refractivity (Wildman–Crippen MR) is 244 cm³/mol. The Morgan fingerprint density at radius 1 is 0.536 bits per heavy atom. The Morgan fingerprint density at radius 2 is 1.18 bits per heavy atom. The maximum absolute atomic E-state index is 4.58. The van der Waals surface area contributed by atoms with Crippen molar-refractivity contribution in [2.75, 3.05) is 4.90 Å². The van der Waals surface area contributed by atoms with Crippen LogP contribution in [0.5, 0.6) is 0 Å². The number of nitrogens with zero attached hydrogens (tertiary/aromatic N) is 2. The van der Waals surface area contributed by atoms with Crippen molar-refractivity contribution >= 4 is 81.0 Å². The molecule has 0 unspecified atom stereocenters. The van der Waals surface area contributed by atoms with Gasteiger partial charge in [-0.05, 0) is 107 Å². The van der Waals surface area contributed by atoms with E-state index in [0.717, 1.165) is 28.2 Å². The van der Waals surface area contributed by atoms with Gasteiger partial charge in [-0.1, -0.05) is 140 Å². The van der Waals surface area contributed by atoms with Crippen molar-refractivity contribution < 1.29 is 0 Å². The molecule has 2 nitrogen and oxygen atoms in total. The van der Waals surface area contributed by atoms with Gasteiger partial charge in [-0.2, -0.15) is 0 Å². The van der Waals surface area contributed by atoms with Crippen LogP contribution < -0.4 is 4.90 Å². The number of thiophene rings is 1. The van der Waals surface area contributed by atoms with Crippen LogP contribution >= 0.6 is 11.3 Å². The monoisotopic (exact) mass is 734 g/mol. The molecule has 0 aliphatic heterocycles. The van der Waals surface area contributed by atoms with E-state index in [1.165, 1.54) is 69.6 Å². The lowest BCUT2D eigenvalue weighted by atomic mass is 10.00. The number of anilines is 2. The van der Waals surface area contributed by atoms with Crippen molar-refractivity contribution in [2.24, 2.45) is 0 Å². The molecule has 0 saturated carbocycles. The van der Waals surface area contributed by atoms with E-state index in [1.54, 1.807) is 0 Å². The molecular weight excluding hydrogens is 697 g/mol. The normalized spacial score (nSPS) is 12.1. The fourth-order valence-corrected chi connectivity index (χ4v) is 9.24. The maximum Gasteiger partial charge on any atom is 0.0541 e. The van der Waals surface area contributed by atoms with Crippen molar-refractivity contribution in [1.29, 1.82) is 0 Å². The molecule has 3 heteroatoms. The third-order valence-corrected chi connectivity index (χ3v) is 11.9. The number of allylic oxidation sites excluding steroid dienone is 4. The van der Waals surface area contributed by atoms with Gasteiger partial charge in [0.15, 0.2) is 0 Å². The molecule has 0 bridgehead atoms. The number of aromatic nitrogens is 1. The first-order valence-electron chi connectivity index (χ1n) is 19.1. The smallest absolute Gasteiger partial charge is 0.0541 e. The first-order valence-corrected chi connectivity index (χ1v) is 19.9. The molecule has 0 aliphatic carbocycles. The van der Waals surface area contributed by atoms with Crippen molar-refractivity contribution in [3.05, 3.63) is 218 Å². The lowest BCUT2D eigenvalue weighted by molar-refractivity contribution is 1.19. The molecule has 8 aromatic carbocycles. The minimum atomic E-state index is 0.947. The molecule has 0 N–H and O–H groups in total. The van der Waals surface area contributed by atoms with Crippen LogP contribution in [-0.2, 0) is 0 Å². The quantitative estimate of drug-likeness (QED) is 0.141. The lowest BCUT2D eigenvalue weighted by Gasteiger charge is -2.27. The summed E-state index contributed by atoms with van der Waals surface area (Å²) in [6, 6.07) is 65.8. The SMILES string of the molecule is C=C(/C=C(\C=C/C)N(c1ccc2ccccc2c1)c1ccc2sc3cc(-n4c5ccccc5c5ccccc54)ccc3c2c1)c1ccc(-c2ccccc2)cc1. The number of hydrogen-bond acceptors (Lipinski definition) is 2. The van der Waals surface area contributed by atoms with Gasteiger partial charge in [0.05, 0.1) is 11.0 Å². The Morgan fingerprint density at radius 3 is 1.93 bits per heavy atom. The highest BCUT2D eigenvalue weighted by Crippen LogP contribution is 2.42. The Balaban J connectivity index is 1.09. The molecule has 0 spiro atoms. The molecule has 10 aromatic rings. The fourth-order valence-electron chi connectivity index (χ4n) is 8.12. The Labute approximate surface area is 330 Å². The van der Waals surface area contributed by atoms with E-state index in [4.69, 9.17) is 0 Å². The molecule has 0 saturated heterocycles. The van der Waals surface area contributed by atoms with Crippen molar-refractivity contribution in [3.63, 3.8) is 0 Å². The van der Waals surface area contributed by atoms with Gasteiger partial charge in [-0.15, -0.1) is 11.3 Å². The average molecular weight is 735 g/mol. The standard InChI is InChI=1S/C53H38N2S/c1-3-13-42(32-36(2)37-22-24-40(25-23-37)38-14-5-4-6-15-38)54(43-27-26-39-16-7-8-17-41(39)33-43)44-29-31-52-49(34-44)48-30-28-45(35-53(48)56-52)55-50-20-11-9-18-46(50)47-19-10-12-21-51(47)55/h3-35H,2H2,1H3/b13-3-,42-32+. The van der Waals surface area contributed by atoms with Gasteiger partial charge >= 0.3 is 0 Å². The van der Waals surface area contributed by atoms with E-state index < -0.39 is 0 Å². The third-order valence-electron chi connectivity index (χ3n) is 10.8. The van der Waals surface area contributed by atoms with E-state index in [-0.39, 0.29) is 0 Å². The van der Waals surface area contributed by atoms with Gasteiger partial charge in [0, 0.05) is 53.7 Å². The summed E-state index contributed by atoms with van der Waals surface area (Å²) in [5.41, 5.74) is 11.3. The van der Waals surface area contributed by atoms with Crippen LogP contribution in [0.2, 0.25) is 0 Å². The minimum Gasteiger partial charge on any atom is -0.310 e. The molecule has 2 heterocycles. The molecule has 2 aromatic heterocycles. The number of benzene rings is 8. The van der Waals surface area contributed by atoms with Gasteiger partial charge < -0.3 is 9.47 Å². The van der Waals surface area contributed by atoms with E-state index >= 15 is 0 Å². The zero-order valence-corrected chi connectivity index (χ0v) is 31.9. The molecule has 56 heavy (non-hydrogen) atoms. The summed E-state index contributed by atoms with van der Waals surface area (Å²) in [7, 11) is 0. The zero-order valence-electron chi connectivity index (χ0n) is 31.1. The zero-order chi connectivity index (χ0) is 37.6. The van der Waals surface area contributed by atoms with E-state index in [1.807, 2.05) is 11.3 Å². The molecule has 0 atom stereocenters. The molecular formula is C53H38N2S.